The number of carbonyl (C=O) groups is 1. The van der Waals surface area contributed by atoms with Gasteiger partial charge in [-0.15, -0.1) is 0 Å². The van der Waals surface area contributed by atoms with Crippen LogP contribution >= 0.6 is 11.6 Å². The minimum Gasteiger partial charge on any atom is -0.487 e. The number of rotatable bonds is 6. The molecule has 148 valence electrons. The highest BCUT2D eigenvalue weighted by molar-refractivity contribution is 6.32. The summed E-state index contributed by atoms with van der Waals surface area (Å²) in [4.78, 5) is 14.6. The van der Waals surface area contributed by atoms with Crippen LogP contribution in [-0.2, 0) is 20.2 Å². The number of nitrogens with zero attached hydrogens (tertiary/aromatic N) is 4. The predicted octanol–water partition coefficient (Wildman–Crippen LogP) is 3.84. The molecular formula is C20H23ClN4O3. The smallest absolute Gasteiger partial charge is 0.276 e. The highest BCUT2D eigenvalue weighted by Gasteiger charge is 2.25. The fraction of sp³-hybridized carbons (Fsp3) is 0.350. The van der Waals surface area contributed by atoms with Gasteiger partial charge in [-0.2, -0.15) is 5.10 Å². The Hall–Kier alpha value is -2.80. The molecule has 2 heterocycles. The lowest BCUT2D eigenvalue weighted by Gasteiger charge is -2.17. The summed E-state index contributed by atoms with van der Waals surface area (Å²) in [6.45, 7) is 6.24. The van der Waals surface area contributed by atoms with E-state index >= 15 is 0 Å². The van der Waals surface area contributed by atoms with Crippen LogP contribution in [0.2, 0.25) is 5.02 Å². The van der Waals surface area contributed by atoms with Gasteiger partial charge in [0.25, 0.3) is 5.91 Å². The number of hydrogen-bond acceptors (Lipinski definition) is 5. The third kappa shape index (κ3) is 3.89. The Morgan fingerprint density at radius 1 is 1.25 bits per heavy atom. The summed E-state index contributed by atoms with van der Waals surface area (Å²) in [7, 11) is 3.62. The number of aryl methyl sites for hydroxylation is 3. The third-order valence-corrected chi connectivity index (χ3v) is 5.11. The van der Waals surface area contributed by atoms with Crippen LogP contribution in [0.25, 0.3) is 0 Å². The van der Waals surface area contributed by atoms with Crippen LogP contribution in [0.1, 0.15) is 38.8 Å². The minimum absolute atomic E-state index is 0.138. The monoisotopic (exact) mass is 402 g/mol. The lowest BCUT2D eigenvalue weighted by Crippen LogP contribution is -2.28. The molecule has 0 N–H and O–H groups in total. The van der Waals surface area contributed by atoms with Gasteiger partial charge in [0.2, 0.25) is 0 Å². The number of hydrogen-bond donors (Lipinski definition) is 0. The largest absolute Gasteiger partial charge is 0.487 e. The van der Waals surface area contributed by atoms with Gasteiger partial charge in [-0.25, -0.2) is 0 Å². The molecule has 0 radical (unpaired) electrons. The Morgan fingerprint density at radius 3 is 2.61 bits per heavy atom. The Balaban J connectivity index is 1.78. The Kier molecular flexibility index (Phi) is 5.74. The van der Waals surface area contributed by atoms with Crippen LogP contribution in [0.4, 0.5) is 0 Å². The van der Waals surface area contributed by atoms with Crippen molar-refractivity contribution in [2.75, 3.05) is 7.05 Å². The second kappa shape index (κ2) is 8.06. The van der Waals surface area contributed by atoms with E-state index in [-0.39, 0.29) is 18.2 Å². The van der Waals surface area contributed by atoms with E-state index in [0.29, 0.717) is 28.6 Å². The van der Waals surface area contributed by atoms with Crippen LogP contribution in [0.5, 0.6) is 5.75 Å². The van der Waals surface area contributed by atoms with Crippen molar-refractivity contribution in [2.45, 2.75) is 33.9 Å². The van der Waals surface area contributed by atoms with Crippen LogP contribution in [0.15, 0.2) is 28.8 Å². The Morgan fingerprint density at radius 2 is 1.96 bits per heavy atom. The number of aromatic nitrogens is 3. The molecule has 0 atom stereocenters. The number of halogens is 1. The number of ether oxygens (including phenoxy) is 1. The molecular weight excluding hydrogens is 380 g/mol. The molecule has 0 bridgehead atoms. The summed E-state index contributed by atoms with van der Waals surface area (Å²) in [5, 5.41) is 8.87. The highest BCUT2D eigenvalue weighted by Crippen LogP contribution is 2.26. The predicted molar refractivity (Wildman–Crippen MR) is 106 cm³/mol. The molecule has 1 amide bonds. The molecule has 0 unspecified atom stereocenters. The molecule has 0 saturated heterocycles. The zero-order valence-electron chi connectivity index (χ0n) is 16.6. The molecule has 3 rings (SSSR count). The second-order valence-corrected chi connectivity index (χ2v) is 7.13. The first-order valence-electron chi connectivity index (χ1n) is 8.86. The van der Waals surface area contributed by atoms with Gasteiger partial charge in [0, 0.05) is 31.9 Å². The van der Waals surface area contributed by atoms with Crippen molar-refractivity contribution in [1.29, 1.82) is 0 Å². The lowest BCUT2D eigenvalue weighted by molar-refractivity contribution is 0.0772. The maximum absolute atomic E-state index is 13.0. The molecule has 0 saturated carbocycles. The van der Waals surface area contributed by atoms with Gasteiger partial charge in [0.1, 0.15) is 18.1 Å². The van der Waals surface area contributed by atoms with E-state index in [4.69, 9.17) is 20.9 Å². The van der Waals surface area contributed by atoms with E-state index in [0.717, 1.165) is 17.0 Å². The summed E-state index contributed by atoms with van der Waals surface area (Å²) in [6.07, 6.45) is 0. The van der Waals surface area contributed by atoms with E-state index in [1.807, 2.05) is 37.7 Å². The van der Waals surface area contributed by atoms with Crippen LogP contribution < -0.4 is 4.74 Å². The molecule has 0 aliphatic heterocycles. The minimum atomic E-state index is -0.239. The zero-order chi connectivity index (χ0) is 20.4. The zero-order valence-corrected chi connectivity index (χ0v) is 17.4. The first-order valence-corrected chi connectivity index (χ1v) is 9.24. The SMILES string of the molecule is Cc1nn(C)c(C)c1CN(C)C(=O)c1noc(C)c1COc1ccccc1Cl. The summed E-state index contributed by atoms with van der Waals surface area (Å²) in [5.74, 6) is 0.841. The topological polar surface area (TPSA) is 73.4 Å². The van der Waals surface area contributed by atoms with E-state index in [1.165, 1.54) is 0 Å². The molecule has 28 heavy (non-hydrogen) atoms. The molecule has 8 heteroatoms. The number of benzene rings is 1. The molecule has 0 aliphatic carbocycles. The summed E-state index contributed by atoms with van der Waals surface area (Å²) in [5.41, 5.74) is 3.80. The first-order chi connectivity index (χ1) is 13.3. The van der Waals surface area contributed by atoms with Gasteiger partial charge in [0.05, 0.1) is 16.3 Å². The molecule has 7 nitrogen and oxygen atoms in total. The highest BCUT2D eigenvalue weighted by atomic mass is 35.5. The maximum atomic E-state index is 13.0. The quantitative estimate of drug-likeness (QED) is 0.626. The van der Waals surface area contributed by atoms with E-state index in [9.17, 15) is 4.79 Å². The lowest BCUT2D eigenvalue weighted by atomic mass is 10.1. The van der Waals surface area contributed by atoms with Gasteiger partial charge in [-0.1, -0.05) is 28.9 Å². The molecule has 0 spiro atoms. The average molecular weight is 403 g/mol. The normalized spacial score (nSPS) is 10.9. The molecule has 0 fully saturated rings. The fourth-order valence-electron chi connectivity index (χ4n) is 2.98. The molecule has 2 aromatic heterocycles. The standard InChI is InChI=1S/C20H23ClN4O3/c1-12-15(13(2)25(5)22-12)10-24(4)20(26)19-16(14(3)28-23-19)11-27-18-9-7-6-8-17(18)21/h6-9H,10-11H2,1-5H3. The molecule has 1 aromatic carbocycles. The van der Waals surface area contributed by atoms with Gasteiger partial charge in [-0.05, 0) is 32.9 Å². The van der Waals surface area contributed by atoms with Crippen molar-refractivity contribution >= 4 is 17.5 Å². The Labute approximate surface area is 168 Å². The molecule has 0 aliphatic rings. The number of amides is 1. The Bertz CT molecular complexity index is 1010. The van der Waals surface area contributed by atoms with Gasteiger partial charge < -0.3 is 14.2 Å². The van der Waals surface area contributed by atoms with Crippen LogP contribution in [-0.4, -0.2) is 32.8 Å². The maximum Gasteiger partial charge on any atom is 0.276 e. The number of carbonyl (C=O) groups excluding carboxylic acids is 1. The van der Waals surface area contributed by atoms with Gasteiger partial charge in [-0.3, -0.25) is 9.48 Å². The molecule has 3 aromatic rings. The number of para-hydroxylation sites is 1. The van der Waals surface area contributed by atoms with E-state index in [1.54, 1.807) is 31.0 Å². The van der Waals surface area contributed by atoms with E-state index < -0.39 is 0 Å². The van der Waals surface area contributed by atoms with Crippen molar-refractivity contribution in [2.24, 2.45) is 7.05 Å². The van der Waals surface area contributed by atoms with Crippen molar-refractivity contribution in [3.05, 3.63) is 63.3 Å². The van der Waals surface area contributed by atoms with Gasteiger partial charge >= 0.3 is 0 Å². The summed E-state index contributed by atoms with van der Waals surface area (Å²) in [6, 6.07) is 7.18. The average Bonchev–Trinajstić information content (AvgIpc) is 3.14. The van der Waals surface area contributed by atoms with Crippen molar-refractivity contribution < 1.29 is 14.1 Å². The second-order valence-electron chi connectivity index (χ2n) is 6.72. The van der Waals surface area contributed by atoms with Crippen molar-refractivity contribution in [3.8, 4) is 5.75 Å². The first kappa shape index (κ1) is 19.9. The van der Waals surface area contributed by atoms with Crippen LogP contribution in [0.3, 0.4) is 0 Å². The van der Waals surface area contributed by atoms with Crippen molar-refractivity contribution in [1.82, 2.24) is 19.8 Å². The van der Waals surface area contributed by atoms with Gasteiger partial charge in [0.15, 0.2) is 5.69 Å². The summed E-state index contributed by atoms with van der Waals surface area (Å²) < 4.78 is 12.8. The third-order valence-electron chi connectivity index (χ3n) is 4.80. The van der Waals surface area contributed by atoms with Crippen molar-refractivity contribution in [3.63, 3.8) is 0 Å². The van der Waals surface area contributed by atoms with Crippen LogP contribution in [0, 0.1) is 20.8 Å². The summed E-state index contributed by atoms with van der Waals surface area (Å²) >= 11 is 6.13. The fourth-order valence-corrected chi connectivity index (χ4v) is 3.17. The van der Waals surface area contributed by atoms with E-state index in [2.05, 4.69) is 10.3 Å².